The molecule has 1 aromatic rings. The van der Waals surface area contributed by atoms with Gasteiger partial charge in [0.25, 0.3) is 0 Å². The molecule has 21 heavy (non-hydrogen) atoms. The molecular formula is C16H27ClN2O2. The first kappa shape index (κ1) is 18.1. The summed E-state index contributed by atoms with van der Waals surface area (Å²) in [4.78, 5) is 2.50. The van der Waals surface area contributed by atoms with E-state index in [1.165, 1.54) is 18.4 Å². The molecule has 0 bridgehead atoms. The summed E-state index contributed by atoms with van der Waals surface area (Å²) in [6.07, 6.45) is 3.70. The number of piperidine rings is 1. The molecule has 1 heterocycles. The summed E-state index contributed by atoms with van der Waals surface area (Å²) >= 11 is 0. The van der Waals surface area contributed by atoms with Crippen molar-refractivity contribution in [3.63, 3.8) is 0 Å². The van der Waals surface area contributed by atoms with Gasteiger partial charge < -0.3 is 15.2 Å². The molecule has 5 heteroatoms. The van der Waals surface area contributed by atoms with Crippen LogP contribution in [-0.4, -0.2) is 38.8 Å². The van der Waals surface area contributed by atoms with Gasteiger partial charge in [-0.1, -0.05) is 12.1 Å². The van der Waals surface area contributed by atoms with Crippen molar-refractivity contribution in [1.82, 2.24) is 4.90 Å². The number of rotatable bonds is 6. The zero-order chi connectivity index (χ0) is 14.4. The molecule has 4 nitrogen and oxygen atoms in total. The van der Waals surface area contributed by atoms with E-state index in [1.807, 2.05) is 12.1 Å². The van der Waals surface area contributed by atoms with Gasteiger partial charge in [-0.2, -0.15) is 0 Å². The van der Waals surface area contributed by atoms with Gasteiger partial charge >= 0.3 is 0 Å². The molecule has 1 fully saturated rings. The second kappa shape index (κ2) is 9.13. The SMILES string of the molecule is COc1cccc(CN2CCCC(CCN)C2)c1OC.Cl. The van der Waals surface area contributed by atoms with Gasteiger partial charge in [-0.3, -0.25) is 4.90 Å². The maximum Gasteiger partial charge on any atom is 0.165 e. The van der Waals surface area contributed by atoms with Gasteiger partial charge in [0.2, 0.25) is 0 Å². The zero-order valence-electron chi connectivity index (χ0n) is 13.0. The molecule has 0 saturated carbocycles. The molecule has 0 aliphatic carbocycles. The fourth-order valence-electron chi connectivity index (χ4n) is 3.09. The van der Waals surface area contributed by atoms with Crippen molar-refractivity contribution in [2.75, 3.05) is 33.9 Å². The first-order chi connectivity index (χ1) is 9.78. The van der Waals surface area contributed by atoms with Crippen LogP contribution >= 0.6 is 12.4 Å². The number of methoxy groups -OCH3 is 2. The Kier molecular flexibility index (Phi) is 7.86. The number of hydrogen-bond acceptors (Lipinski definition) is 4. The van der Waals surface area contributed by atoms with Crippen LogP contribution < -0.4 is 15.2 Å². The fourth-order valence-corrected chi connectivity index (χ4v) is 3.09. The number of para-hydroxylation sites is 1. The van der Waals surface area contributed by atoms with Crippen molar-refractivity contribution in [1.29, 1.82) is 0 Å². The van der Waals surface area contributed by atoms with Crippen LogP contribution in [0.15, 0.2) is 18.2 Å². The van der Waals surface area contributed by atoms with Gasteiger partial charge in [-0.05, 0) is 44.3 Å². The third-order valence-electron chi connectivity index (χ3n) is 4.06. The van der Waals surface area contributed by atoms with E-state index in [1.54, 1.807) is 14.2 Å². The lowest BCUT2D eigenvalue weighted by atomic mass is 9.94. The summed E-state index contributed by atoms with van der Waals surface area (Å²) in [7, 11) is 3.38. The highest BCUT2D eigenvalue weighted by Gasteiger charge is 2.21. The normalized spacial score (nSPS) is 18.9. The highest BCUT2D eigenvalue weighted by atomic mass is 35.5. The largest absolute Gasteiger partial charge is 0.493 e. The van der Waals surface area contributed by atoms with Crippen molar-refractivity contribution in [2.45, 2.75) is 25.8 Å². The van der Waals surface area contributed by atoms with E-state index in [-0.39, 0.29) is 12.4 Å². The number of benzene rings is 1. The van der Waals surface area contributed by atoms with E-state index in [0.717, 1.165) is 50.0 Å². The van der Waals surface area contributed by atoms with E-state index in [0.29, 0.717) is 0 Å². The van der Waals surface area contributed by atoms with Gasteiger partial charge in [0, 0.05) is 18.7 Å². The van der Waals surface area contributed by atoms with Gasteiger partial charge in [0.15, 0.2) is 11.5 Å². The minimum Gasteiger partial charge on any atom is -0.493 e. The zero-order valence-corrected chi connectivity index (χ0v) is 13.8. The molecule has 1 atom stereocenters. The minimum atomic E-state index is 0. The Morgan fingerprint density at radius 3 is 2.76 bits per heavy atom. The van der Waals surface area contributed by atoms with Crippen LogP contribution in [0.4, 0.5) is 0 Å². The standard InChI is InChI=1S/C16H26N2O2.ClH/c1-19-15-7-3-6-14(16(15)20-2)12-18-10-4-5-13(11-18)8-9-17;/h3,6-7,13H,4-5,8-12,17H2,1-2H3;1H. The number of ether oxygens (including phenoxy) is 2. The minimum absolute atomic E-state index is 0. The number of nitrogens with zero attached hydrogens (tertiary/aromatic N) is 1. The molecular weight excluding hydrogens is 288 g/mol. The lowest BCUT2D eigenvalue weighted by Crippen LogP contribution is -2.35. The molecule has 0 aromatic heterocycles. The van der Waals surface area contributed by atoms with E-state index >= 15 is 0 Å². The van der Waals surface area contributed by atoms with Crippen LogP contribution in [0.5, 0.6) is 11.5 Å². The molecule has 2 N–H and O–H groups in total. The second-order valence-corrected chi connectivity index (χ2v) is 5.47. The van der Waals surface area contributed by atoms with Crippen LogP contribution in [0.2, 0.25) is 0 Å². The van der Waals surface area contributed by atoms with E-state index in [2.05, 4.69) is 11.0 Å². The Hall–Kier alpha value is -0.970. The van der Waals surface area contributed by atoms with E-state index < -0.39 is 0 Å². The number of hydrogen-bond donors (Lipinski definition) is 1. The Morgan fingerprint density at radius 1 is 1.29 bits per heavy atom. The van der Waals surface area contributed by atoms with Gasteiger partial charge in [-0.15, -0.1) is 12.4 Å². The molecule has 0 spiro atoms. The van der Waals surface area contributed by atoms with Gasteiger partial charge in [-0.25, -0.2) is 0 Å². The van der Waals surface area contributed by atoms with Crippen LogP contribution in [0.25, 0.3) is 0 Å². The van der Waals surface area contributed by atoms with Crippen molar-refractivity contribution in [3.05, 3.63) is 23.8 Å². The van der Waals surface area contributed by atoms with Gasteiger partial charge in [0.1, 0.15) is 0 Å². The predicted octanol–water partition coefficient (Wildman–Crippen LogP) is 2.69. The second-order valence-electron chi connectivity index (χ2n) is 5.47. The summed E-state index contributed by atoms with van der Waals surface area (Å²) in [5, 5.41) is 0. The quantitative estimate of drug-likeness (QED) is 0.877. The van der Waals surface area contributed by atoms with Crippen LogP contribution in [0.3, 0.4) is 0 Å². The molecule has 1 aliphatic rings. The van der Waals surface area contributed by atoms with Crippen molar-refractivity contribution < 1.29 is 9.47 Å². The Morgan fingerprint density at radius 2 is 2.10 bits per heavy atom. The Labute approximate surface area is 134 Å². The predicted molar refractivity (Wildman–Crippen MR) is 88.5 cm³/mol. The molecule has 120 valence electrons. The Bertz CT molecular complexity index is 427. The lowest BCUT2D eigenvalue weighted by molar-refractivity contribution is 0.161. The van der Waals surface area contributed by atoms with Gasteiger partial charge in [0.05, 0.1) is 14.2 Å². The topological polar surface area (TPSA) is 47.7 Å². The first-order valence-electron chi connectivity index (χ1n) is 7.40. The Balaban J connectivity index is 0.00000220. The summed E-state index contributed by atoms with van der Waals surface area (Å²) in [6, 6.07) is 6.08. The average Bonchev–Trinajstić information content (AvgIpc) is 2.47. The fraction of sp³-hybridized carbons (Fsp3) is 0.625. The average molecular weight is 315 g/mol. The molecule has 2 rings (SSSR count). The van der Waals surface area contributed by atoms with Crippen molar-refractivity contribution in [3.8, 4) is 11.5 Å². The van der Waals surface area contributed by atoms with E-state index in [9.17, 15) is 0 Å². The molecule has 0 radical (unpaired) electrons. The maximum absolute atomic E-state index is 5.69. The summed E-state index contributed by atoms with van der Waals surface area (Å²) in [5.41, 5.74) is 6.88. The first-order valence-corrected chi connectivity index (χ1v) is 7.40. The molecule has 1 unspecified atom stereocenters. The van der Waals surface area contributed by atoms with Crippen molar-refractivity contribution >= 4 is 12.4 Å². The third-order valence-corrected chi connectivity index (χ3v) is 4.06. The summed E-state index contributed by atoms with van der Waals surface area (Å²) in [5.74, 6) is 2.40. The van der Waals surface area contributed by atoms with E-state index in [4.69, 9.17) is 15.2 Å². The molecule has 1 aliphatic heterocycles. The van der Waals surface area contributed by atoms with Crippen LogP contribution in [0, 0.1) is 5.92 Å². The summed E-state index contributed by atoms with van der Waals surface area (Å²) in [6.45, 7) is 4.00. The summed E-state index contributed by atoms with van der Waals surface area (Å²) < 4.78 is 10.9. The van der Waals surface area contributed by atoms with Crippen LogP contribution in [-0.2, 0) is 6.54 Å². The number of nitrogens with two attached hydrogens (primary N) is 1. The molecule has 1 saturated heterocycles. The van der Waals surface area contributed by atoms with Crippen LogP contribution in [0.1, 0.15) is 24.8 Å². The maximum atomic E-state index is 5.69. The lowest BCUT2D eigenvalue weighted by Gasteiger charge is -2.33. The smallest absolute Gasteiger partial charge is 0.165 e. The monoisotopic (exact) mass is 314 g/mol. The number of halogens is 1. The molecule has 0 amide bonds. The highest BCUT2D eigenvalue weighted by molar-refractivity contribution is 5.85. The van der Waals surface area contributed by atoms with Crippen molar-refractivity contribution in [2.24, 2.45) is 11.7 Å². The highest BCUT2D eigenvalue weighted by Crippen LogP contribution is 2.32. The number of likely N-dealkylation sites (tertiary alicyclic amines) is 1. The third kappa shape index (κ3) is 4.77. The molecule has 1 aromatic carbocycles.